The molecule has 0 bridgehead atoms. The lowest BCUT2D eigenvalue weighted by molar-refractivity contribution is 0.0335. The van der Waals surface area contributed by atoms with Crippen LogP contribution in [0, 0.1) is 0 Å². The lowest BCUT2D eigenvalue weighted by atomic mass is 9.97. The number of nitrogens with zero attached hydrogens (tertiary/aromatic N) is 3. The van der Waals surface area contributed by atoms with Gasteiger partial charge in [-0.25, -0.2) is 4.79 Å². The number of rotatable bonds is 9. The standard InChI is InChI=1S/C31H38N4O7S/c1-4-41-26-11-9-24(20-27(26)39-3)29(36)34-13-5-7-22-19-23(8-10-25(22)34)28-21(2)43-31(38)35(32-28)30(37)42-16-6-12-33-14-17-40-18-15-33/h8-11,19-20,32H,4-7,12-18H2,1-3H3. The Hall–Kier alpha value is -3.74. The smallest absolute Gasteiger partial charge is 0.436 e. The van der Waals surface area contributed by atoms with Gasteiger partial charge in [0.05, 0.1) is 39.2 Å². The molecule has 0 saturated carbocycles. The molecule has 3 aliphatic rings. The van der Waals surface area contributed by atoms with Gasteiger partial charge < -0.3 is 23.8 Å². The molecule has 5 rings (SSSR count). The fraction of sp³-hybridized carbons (Fsp3) is 0.452. The maximum atomic E-state index is 13.6. The third-order valence-electron chi connectivity index (χ3n) is 7.57. The number of anilines is 1. The second-order valence-electron chi connectivity index (χ2n) is 10.4. The van der Waals surface area contributed by atoms with E-state index in [1.54, 1.807) is 30.2 Å². The fourth-order valence-corrected chi connectivity index (χ4v) is 6.12. The fourth-order valence-electron chi connectivity index (χ4n) is 5.38. The van der Waals surface area contributed by atoms with Crippen LogP contribution in [-0.4, -0.2) is 86.9 Å². The molecule has 11 nitrogen and oxygen atoms in total. The minimum atomic E-state index is -0.731. The van der Waals surface area contributed by atoms with Crippen LogP contribution in [0.3, 0.4) is 0 Å². The molecule has 3 amide bonds. The number of amides is 3. The molecule has 2 aromatic rings. The van der Waals surface area contributed by atoms with Crippen LogP contribution < -0.4 is 19.8 Å². The lowest BCUT2D eigenvalue weighted by Crippen LogP contribution is -2.47. The molecule has 0 aromatic heterocycles. The number of carbonyl (C=O) groups excluding carboxylic acids is 3. The lowest BCUT2D eigenvalue weighted by Gasteiger charge is -2.32. The number of allylic oxidation sites excluding steroid dienone is 1. The largest absolute Gasteiger partial charge is 0.493 e. The maximum Gasteiger partial charge on any atom is 0.436 e. The second-order valence-corrected chi connectivity index (χ2v) is 11.5. The number of thioether (sulfide) groups is 1. The number of methoxy groups -OCH3 is 1. The summed E-state index contributed by atoms with van der Waals surface area (Å²) < 4.78 is 21.8. The van der Waals surface area contributed by atoms with E-state index in [0.717, 1.165) is 71.0 Å². The zero-order valence-corrected chi connectivity index (χ0v) is 25.7. The van der Waals surface area contributed by atoms with E-state index in [0.29, 0.717) is 55.5 Å². The van der Waals surface area contributed by atoms with Crippen LogP contribution in [0.1, 0.15) is 48.2 Å². The number of hydrogen-bond acceptors (Lipinski definition) is 10. The average Bonchev–Trinajstić information content (AvgIpc) is 3.03. The van der Waals surface area contributed by atoms with Gasteiger partial charge in [-0.15, -0.1) is 5.01 Å². The normalized spacial score (nSPS) is 17.3. The summed E-state index contributed by atoms with van der Waals surface area (Å²) in [5.41, 5.74) is 6.82. The van der Waals surface area contributed by atoms with E-state index >= 15 is 0 Å². The summed E-state index contributed by atoms with van der Waals surface area (Å²) in [7, 11) is 1.55. The van der Waals surface area contributed by atoms with Gasteiger partial charge in [0.15, 0.2) is 11.5 Å². The zero-order valence-electron chi connectivity index (χ0n) is 24.8. The number of fused-ring (bicyclic) bond motifs is 1. The number of hydrogen-bond donors (Lipinski definition) is 1. The zero-order chi connectivity index (χ0) is 30.3. The Morgan fingerprint density at radius 3 is 2.65 bits per heavy atom. The van der Waals surface area contributed by atoms with Crippen LogP contribution in [-0.2, 0) is 15.9 Å². The van der Waals surface area contributed by atoms with Crippen LogP contribution in [0.15, 0.2) is 41.3 Å². The van der Waals surface area contributed by atoms with Crippen LogP contribution in [0.25, 0.3) is 5.70 Å². The number of hydrazine groups is 1. The molecule has 0 spiro atoms. The Morgan fingerprint density at radius 2 is 1.88 bits per heavy atom. The Kier molecular flexibility index (Phi) is 10.1. The molecule has 0 aliphatic carbocycles. The predicted molar refractivity (Wildman–Crippen MR) is 164 cm³/mol. The van der Waals surface area contributed by atoms with Gasteiger partial charge in [0, 0.05) is 47.9 Å². The van der Waals surface area contributed by atoms with Gasteiger partial charge in [0.25, 0.3) is 5.91 Å². The molecule has 3 aliphatic heterocycles. The molecule has 12 heteroatoms. The molecule has 0 atom stereocenters. The predicted octanol–water partition coefficient (Wildman–Crippen LogP) is 4.91. The third kappa shape index (κ3) is 7.09. The number of carbonyl (C=O) groups is 3. The molecule has 0 radical (unpaired) electrons. The molecule has 2 aromatic carbocycles. The first-order valence-electron chi connectivity index (χ1n) is 14.6. The van der Waals surface area contributed by atoms with Crippen LogP contribution in [0.5, 0.6) is 11.5 Å². The van der Waals surface area contributed by atoms with E-state index in [4.69, 9.17) is 18.9 Å². The highest BCUT2D eigenvalue weighted by molar-refractivity contribution is 8.17. The van der Waals surface area contributed by atoms with Crippen LogP contribution in [0.2, 0.25) is 0 Å². The average molecular weight is 611 g/mol. The first kappa shape index (κ1) is 30.7. The molecule has 3 heterocycles. The van der Waals surface area contributed by atoms with Gasteiger partial charge in [-0.05, 0) is 80.8 Å². The van der Waals surface area contributed by atoms with Crippen molar-refractivity contribution in [1.82, 2.24) is 15.3 Å². The molecule has 0 unspecified atom stereocenters. The van der Waals surface area contributed by atoms with Crippen molar-refractivity contribution in [3.63, 3.8) is 0 Å². The number of aryl methyl sites for hydroxylation is 1. The SMILES string of the molecule is CCOc1ccc(C(=O)N2CCCc3cc(C4=C(C)SC(=O)N(C(=O)OCCCN5CCOCC5)N4)ccc32)cc1OC. The summed E-state index contributed by atoms with van der Waals surface area (Å²) in [6.45, 7) is 9.01. The Balaban J connectivity index is 1.27. The van der Waals surface area contributed by atoms with Crippen molar-refractivity contribution in [3.05, 3.63) is 58.0 Å². The van der Waals surface area contributed by atoms with Crippen molar-refractivity contribution in [1.29, 1.82) is 0 Å². The van der Waals surface area contributed by atoms with Gasteiger partial charge in [-0.3, -0.25) is 19.9 Å². The summed E-state index contributed by atoms with van der Waals surface area (Å²) in [5, 5.41) is 0.482. The number of ether oxygens (including phenoxy) is 4. The quantitative estimate of drug-likeness (QED) is 0.394. The first-order chi connectivity index (χ1) is 20.9. The highest BCUT2D eigenvalue weighted by Gasteiger charge is 2.32. The van der Waals surface area contributed by atoms with Gasteiger partial charge in [0.2, 0.25) is 0 Å². The van der Waals surface area contributed by atoms with E-state index < -0.39 is 11.3 Å². The molecule has 1 saturated heterocycles. The van der Waals surface area contributed by atoms with Crippen molar-refractivity contribution in [3.8, 4) is 11.5 Å². The Labute approximate surface area is 256 Å². The molecular formula is C31H38N4O7S. The number of benzene rings is 2. The maximum absolute atomic E-state index is 13.6. The summed E-state index contributed by atoms with van der Waals surface area (Å²) in [6.07, 6.45) is 1.54. The van der Waals surface area contributed by atoms with Gasteiger partial charge in [-0.2, -0.15) is 0 Å². The third-order valence-corrected chi connectivity index (χ3v) is 8.44. The summed E-state index contributed by atoms with van der Waals surface area (Å²) in [5.74, 6) is 0.986. The van der Waals surface area contributed by atoms with E-state index in [1.807, 2.05) is 32.0 Å². The summed E-state index contributed by atoms with van der Waals surface area (Å²) in [6, 6.07) is 11.1. The van der Waals surface area contributed by atoms with Crippen LogP contribution >= 0.6 is 11.8 Å². The molecule has 1 fully saturated rings. The van der Waals surface area contributed by atoms with Gasteiger partial charge in [-0.1, -0.05) is 6.07 Å². The topological polar surface area (TPSA) is 110 Å². The molecule has 1 N–H and O–H groups in total. The van der Waals surface area contributed by atoms with E-state index in [2.05, 4.69) is 10.3 Å². The minimum Gasteiger partial charge on any atom is -0.493 e. The van der Waals surface area contributed by atoms with E-state index in [1.165, 1.54) is 0 Å². The highest BCUT2D eigenvalue weighted by Crippen LogP contribution is 2.36. The minimum absolute atomic E-state index is 0.120. The summed E-state index contributed by atoms with van der Waals surface area (Å²) in [4.78, 5) is 43.9. The Morgan fingerprint density at radius 1 is 1.07 bits per heavy atom. The Bertz CT molecular complexity index is 1390. The van der Waals surface area contributed by atoms with E-state index in [9.17, 15) is 14.4 Å². The number of morpholine rings is 1. The highest BCUT2D eigenvalue weighted by atomic mass is 32.2. The number of imide groups is 1. The van der Waals surface area contributed by atoms with Crippen molar-refractivity contribution in [2.24, 2.45) is 0 Å². The van der Waals surface area contributed by atoms with Crippen molar-refractivity contribution in [2.75, 3.05) is 64.6 Å². The van der Waals surface area contributed by atoms with Gasteiger partial charge in [0.1, 0.15) is 0 Å². The van der Waals surface area contributed by atoms with E-state index in [-0.39, 0.29) is 12.5 Å². The van der Waals surface area contributed by atoms with Crippen molar-refractivity contribution in [2.45, 2.75) is 33.1 Å². The van der Waals surface area contributed by atoms with Gasteiger partial charge >= 0.3 is 11.3 Å². The first-order valence-corrected chi connectivity index (χ1v) is 15.4. The van der Waals surface area contributed by atoms with Crippen LogP contribution in [0.4, 0.5) is 15.3 Å². The molecule has 43 heavy (non-hydrogen) atoms. The molecule has 230 valence electrons. The van der Waals surface area contributed by atoms with Crippen molar-refractivity contribution < 1.29 is 33.3 Å². The second kappa shape index (κ2) is 14.2. The summed E-state index contributed by atoms with van der Waals surface area (Å²) >= 11 is 0.985. The van der Waals surface area contributed by atoms with Crippen molar-refractivity contribution >= 4 is 40.4 Å². The molecular weight excluding hydrogens is 572 g/mol. The monoisotopic (exact) mass is 610 g/mol. The number of nitrogens with one attached hydrogen (secondary N) is 1.